The number of halogens is 3. The fourth-order valence-electron chi connectivity index (χ4n) is 1.67. The number of amides is 1. The van der Waals surface area contributed by atoms with Crippen molar-refractivity contribution in [2.45, 2.75) is 6.18 Å². The van der Waals surface area contributed by atoms with Crippen LogP contribution in [0, 0.1) is 0 Å². The van der Waals surface area contributed by atoms with Gasteiger partial charge in [0, 0.05) is 16.9 Å². The lowest BCUT2D eigenvalue weighted by molar-refractivity contribution is -0.136. The Hall–Kier alpha value is -2.50. The number of hydrogen-bond acceptors (Lipinski definition) is 2. The zero-order valence-corrected chi connectivity index (χ0v) is 10.2. The van der Waals surface area contributed by atoms with E-state index < -0.39 is 17.6 Å². The fraction of sp³-hybridized carbons (Fsp3) is 0.0714. The Morgan fingerprint density at radius 1 is 1.05 bits per heavy atom. The summed E-state index contributed by atoms with van der Waals surface area (Å²) in [7, 11) is 0. The average Bonchev–Trinajstić information content (AvgIpc) is 2.40. The molecular formula is C14H11F3N2O. The van der Waals surface area contributed by atoms with Crippen molar-refractivity contribution < 1.29 is 18.0 Å². The lowest BCUT2D eigenvalue weighted by Gasteiger charge is -2.12. The van der Waals surface area contributed by atoms with Gasteiger partial charge in [-0.3, -0.25) is 4.79 Å². The van der Waals surface area contributed by atoms with E-state index in [1.165, 1.54) is 6.07 Å². The standard InChI is InChI=1S/C14H11F3N2O/c15-14(16,17)11-8-10(6-7-12(11)18)19-13(20)9-4-2-1-3-5-9/h1-8H,18H2,(H,19,20). The van der Waals surface area contributed by atoms with E-state index in [4.69, 9.17) is 5.73 Å². The van der Waals surface area contributed by atoms with Gasteiger partial charge in [-0.25, -0.2) is 0 Å². The summed E-state index contributed by atoms with van der Waals surface area (Å²) in [5, 5.41) is 2.40. The fourth-order valence-corrected chi connectivity index (χ4v) is 1.67. The van der Waals surface area contributed by atoms with Crippen LogP contribution in [0.3, 0.4) is 0 Å². The van der Waals surface area contributed by atoms with Crippen molar-refractivity contribution in [3.05, 3.63) is 59.7 Å². The van der Waals surface area contributed by atoms with Crippen LogP contribution in [-0.2, 0) is 6.18 Å². The van der Waals surface area contributed by atoms with E-state index in [2.05, 4.69) is 5.32 Å². The Morgan fingerprint density at radius 2 is 1.70 bits per heavy atom. The van der Waals surface area contributed by atoms with Crippen molar-refractivity contribution >= 4 is 17.3 Å². The highest BCUT2D eigenvalue weighted by atomic mass is 19.4. The number of nitrogens with two attached hydrogens (primary N) is 1. The molecule has 2 aromatic rings. The molecule has 0 aliphatic rings. The zero-order chi connectivity index (χ0) is 14.8. The summed E-state index contributed by atoms with van der Waals surface area (Å²) in [6.07, 6.45) is -4.56. The van der Waals surface area contributed by atoms with Gasteiger partial charge in [0.1, 0.15) is 0 Å². The maximum absolute atomic E-state index is 12.7. The summed E-state index contributed by atoms with van der Waals surface area (Å²) >= 11 is 0. The lowest BCUT2D eigenvalue weighted by Crippen LogP contribution is -2.14. The van der Waals surface area contributed by atoms with Gasteiger partial charge in [0.05, 0.1) is 5.56 Å². The Kier molecular flexibility index (Phi) is 3.65. The third-order valence-corrected chi connectivity index (χ3v) is 2.65. The maximum Gasteiger partial charge on any atom is 0.418 e. The van der Waals surface area contributed by atoms with E-state index in [1.807, 2.05) is 0 Å². The number of nitrogen functional groups attached to an aromatic ring is 1. The van der Waals surface area contributed by atoms with Gasteiger partial charge < -0.3 is 11.1 Å². The summed E-state index contributed by atoms with van der Waals surface area (Å²) in [5.74, 6) is -0.483. The Morgan fingerprint density at radius 3 is 2.30 bits per heavy atom. The number of nitrogens with one attached hydrogen (secondary N) is 1. The van der Waals surface area contributed by atoms with E-state index in [0.29, 0.717) is 5.56 Å². The topological polar surface area (TPSA) is 55.1 Å². The minimum Gasteiger partial charge on any atom is -0.398 e. The molecule has 0 atom stereocenters. The second-order valence-corrected chi connectivity index (χ2v) is 4.12. The van der Waals surface area contributed by atoms with Crippen LogP contribution >= 0.6 is 0 Å². The third kappa shape index (κ3) is 3.09. The van der Waals surface area contributed by atoms with E-state index in [-0.39, 0.29) is 11.4 Å². The van der Waals surface area contributed by atoms with Crippen molar-refractivity contribution in [3.8, 4) is 0 Å². The highest BCUT2D eigenvalue weighted by molar-refractivity contribution is 6.04. The predicted octanol–water partition coefficient (Wildman–Crippen LogP) is 3.54. The van der Waals surface area contributed by atoms with Crippen LogP contribution in [0.2, 0.25) is 0 Å². The van der Waals surface area contributed by atoms with Gasteiger partial charge in [-0.15, -0.1) is 0 Å². The summed E-state index contributed by atoms with van der Waals surface area (Å²) in [5.41, 5.74) is 4.34. The molecule has 3 N–H and O–H groups in total. The molecular weight excluding hydrogens is 269 g/mol. The molecule has 2 aromatic carbocycles. The van der Waals surface area contributed by atoms with Gasteiger partial charge in [-0.05, 0) is 30.3 Å². The van der Waals surface area contributed by atoms with Crippen molar-refractivity contribution in [3.63, 3.8) is 0 Å². The minimum atomic E-state index is -4.56. The van der Waals surface area contributed by atoms with Gasteiger partial charge in [0.25, 0.3) is 5.91 Å². The maximum atomic E-state index is 12.7. The normalized spacial score (nSPS) is 11.2. The quantitative estimate of drug-likeness (QED) is 0.827. The van der Waals surface area contributed by atoms with Gasteiger partial charge in [0.2, 0.25) is 0 Å². The first-order valence-electron chi connectivity index (χ1n) is 5.71. The van der Waals surface area contributed by atoms with Crippen LogP contribution in [0.25, 0.3) is 0 Å². The van der Waals surface area contributed by atoms with Crippen LogP contribution in [0.5, 0.6) is 0 Å². The number of anilines is 2. The molecule has 0 aliphatic carbocycles. The lowest BCUT2D eigenvalue weighted by atomic mass is 10.1. The van der Waals surface area contributed by atoms with E-state index in [0.717, 1.165) is 12.1 Å². The molecule has 0 radical (unpaired) electrons. The van der Waals surface area contributed by atoms with E-state index >= 15 is 0 Å². The number of carbonyl (C=O) groups is 1. The van der Waals surface area contributed by atoms with Crippen molar-refractivity contribution in [2.75, 3.05) is 11.1 Å². The van der Waals surface area contributed by atoms with Crippen LogP contribution in [0.1, 0.15) is 15.9 Å². The third-order valence-electron chi connectivity index (χ3n) is 2.65. The smallest absolute Gasteiger partial charge is 0.398 e. The molecule has 20 heavy (non-hydrogen) atoms. The molecule has 0 aromatic heterocycles. The van der Waals surface area contributed by atoms with Gasteiger partial charge in [0.15, 0.2) is 0 Å². The number of benzene rings is 2. The molecule has 6 heteroatoms. The first-order valence-corrected chi connectivity index (χ1v) is 5.71. The highest BCUT2D eigenvalue weighted by Gasteiger charge is 2.33. The monoisotopic (exact) mass is 280 g/mol. The van der Waals surface area contributed by atoms with Gasteiger partial charge in [-0.1, -0.05) is 18.2 Å². The van der Waals surface area contributed by atoms with Crippen LogP contribution < -0.4 is 11.1 Å². The number of rotatable bonds is 2. The Balaban J connectivity index is 2.25. The summed E-state index contributed by atoms with van der Waals surface area (Å²) in [4.78, 5) is 11.8. The second-order valence-electron chi connectivity index (χ2n) is 4.12. The van der Waals surface area contributed by atoms with Crippen molar-refractivity contribution in [1.29, 1.82) is 0 Å². The molecule has 0 aliphatic heterocycles. The molecule has 1 amide bonds. The zero-order valence-electron chi connectivity index (χ0n) is 10.2. The van der Waals surface area contributed by atoms with Gasteiger partial charge >= 0.3 is 6.18 Å². The molecule has 3 nitrogen and oxygen atoms in total. The first kappa shape index (κ1) is 13.9. The minimum absolute atomic E-state index is 0.0420. The number of carbonyl (C=O) groups excluding carboxylic acids is 1. The van der Waals surface area contributed by atoms with Crippen LogP contribution in [-0.4, -0.2) is 5.91 Å². The molecule has 0 spiro atoms. The second kappa shape index (κ2) is 5.24. The van der Waals surface area contributed by atoms with E-state index in [9.17, 15) is 18.0 Å². The van der Waals surface area contributed by atoms with Gasteiger partial charge in [-0.2, -0.15) is 13.2 Å². The van der Waals surface area contributed by atoms with Crippen LogP contribution in [0.4, 0.5) is 24.5 Å². The molecule has 0 bridgehead atoms. The van der Waals surface area contributed by atoms with Crippen LogP contribution in [0.15, 0.2) is 48.5 Å². The molecule has 0 saturated heterocycles. The Labute approximate surface area is 113 Å². The molecule has 0 fully saturated rings. The summed E-state index contributed by atoms with van der Waals surface area (Å²) in [6.45, 7) is 0. The summed E-state index contributed by atoms with van der Waals surface area (Å²) < 4.78 is 38.1. The van der Waals surface area contributed by atoms with E-state index in [1.54, 1.807) is 30.3 Å². The Bertz CT molecular complexity index is 624. The number of hydrogen-bond donors (Lipinski definition) is 2. The largest absolute Gasteiger partial charge is 0.418 e. The SMILES string of the molecule is Nc1ccc(NC(=O)c2ccccc2)cc1C(F)(F)F. The molecule has 104 valence electrons. The molecule has 0 unspecified atom stereocenters. The van der Waals surface area contributed by atoms with Crippen molar-refractivity contribution in [1.82, 2.24) is 0 Å². The van der Waals surface area contributed by atoms with Crippen molar-refractivity contribution in [2.24, 2.45) is 0 Å². The molecule has 0 saturated carbocycles. The first-order chi connectivity index (χ1) is 9.38. The highest BCUT2D eigenvalue weighted by Crippen LogP contribution is 2.35. The molecule has 2 rings (SSSR count). The predicted molar refractivity (Wildman–Crippen MR) is 70.3 cm³/mol. The average molecular weight is 280 g/mol. The summed E-state index contributed by atoms with van der Waals surface area (Å²) in [6, 6.07) is 11.5. The number of alkyl halides is 3. The molecule has 0 heterocycles.